The van der Waals surface area contributed by atoms with Crippen LogP contribution in [0.25, 0.3) is 0 Å². The summed E-state index contributed by atoms with van der Waals surface area (Å²) in [6, 6.07) is 17.7. The number of anilines is 1. The lowest BCUT2D eigenvalue weighted by atomic mass is 10.0. The summed E-state index contributed by atoms with van der Waals surface area (Å²) in [5, 5.41) is 0. The summed E-state index contributed by atoms with van der Waals surface area (Å²) in [6.07, 6.45) is 0.133. The zero-order valence-electron chi connectivity index (χ0n) is 19.2. The summed E-state index contributed by atoms with van der Waals surface area (Å²) in [6.45, 7) is 6.30. The van der Waals surface area contributed by atoms with E-state index in [1.807, 2.05) is 39.0 Å². The number of amides is 2. The van der Waals surface area contributed by atoms with Gasteiger partial charge in [-0.15, -0.1) is 0 Å². The molecule has 0 aliphatic heterocycles. The summed E-state index contributed by atoms with van der Waals surface area (Å²) in [5.41, 5.74) is 8.39. The molecule has 0 atom stereocenters. The van der Waals surface area contributed by atoms with E-state index in [-0.39, 0.29) is 22.8 Å². The summed E-state index contributed by atoms with van der Waals surface area (Å²) in [7, 11) is -3.80. The molecule has 9 heteroatoms. The van der Waals surface area contributed by atoms with Gasteiger partial charge in [-0.05, 0) is 86.0 Å². The first-order valence-electron chi connectivity index (χ1n) is 10.7. The molecule has 3 rings (SSSR count). The van der Waals surface area contributed by atoms with Gasteiger partial charge < -0.3 is 4.74 Å². The van der Waals surface area contributed by atoms with E-state index in [2.05, 4.69) is 15.6 Å². The van der Waals surface area contributed by atoms with Gasteiger partial charge in [-0.25, -0.2) is 8.42 Å². The molecule has 0 saturated carbocycles. The molecule has 0 fully saturated rings. The number of ether oxygens (including phenoxy) is 1. The number of hydrogen-bond acceptors (Lipinski definition) is 5. The first-order chi connectivity index (χ1) is 16.2. The number of benzene rings is 3. The third-order valence-corrected chi connectivity index (χ3v) is 6.49. The molecule has 0 bridgehead atoms. The molecule has 0 unspecified atom stereocenters. The van der Waals surface area contributed by atoms with E-state index in [0.717, 1.165) is 16.7 Å². The average Bonchev–Trinajstić information content (AvgIpc) is 2.81. The molecule has 0 aliphatic rings. The predicted octanol–water partition coefficient (Wildman–Crippen LogP) is 3.51. The minimum atomic E-state index is -3.80. The van der Waals surface area contributed by atoms with Crippen LogP contribution in [-0.2, 0) is 21.2 Å². The van der Waals surface area contributed by atoms with Crippen molar-refractivity contribution < 1.29 is 22.7 Å². The van der Waals surface area contributed by atoms with Crippen molar-refractivity contribution >= 4 is 27.5 Å². The van der Waals surface area contributed by atoms with Crippen LogP contribution in [0, 0.1) is 13.8 Å². The number of sulfonamides is 1. The molecule has 34 heavy (non-hydrogen) atoms. The lowest BCUT2D eigenvalue weighted by molar-refractivity contribution is -0.121. The van der Waals surface area contributed by atoms with Gasteiger partial charge in [-0.3, -0.25) is 25.2 Å². The molecule has 0 radical (unpaired) electrons. The highest BCUT2D eigenvalue weighted by atomic mass is 32.2. The highest BCUT2D eigenvalue weighted by molar-refractivity contribution is 7.92. The monoisotopic (exact) mass is 481 g/mol. The number of aryl methyl sites for hydroxylation is 2. The van der Waals surface area contributed by atoms with Crippen LogP contribution in [-0.4, -0.2) is 26.8 Å². The Morgan fingerprint density at radius 2 is 1.53 bits per heavy atom. The largest absolute Gasteiger partial charge is 0.494 e. The lowest BCUT2D eigenvalue weighted by Gasteiger charge is -2.11. The van der Waals surface area contributed by atoms with Gasteiger partial charge in [-0.2, -0.15) is 0 Å². The van der Waals surface area contributed by atoms with E-state index < -0.39 is 15.9 Å². The van der Waals surface area contributed by atoms with Crippen LogP contribution in [0.1, 0.15) is 34.0 Å². The van der Waals surface area contributed by atoms with Gasteiger partial charge in [0.1, 0.15) is 5.75 Å². The Labute approximate surface area is 199 Å². The molecule has 178 valence electrons. The van der Waals surface area contributed by atoms with Gasteiger partial charge in [0.15, 0.2) is 0 Å². The van der Waals surface area contributed by atoms with Gasteiger partial charge in [0.25, 0.3) is 15.9 Å². The van der Waals surface area contributed by atoms with Crippen LogP contribution in [0.2, 0.25) is 0 Å². The fourth-order valence-corrected chi connectivity index (χ4v) is 4.19. The molecular formula is C25H27N3O5S. The predicted molar refractivity (Wildman–Crippen MR) is 130 cm³/mol. The summed E-state index contributed by atoms with van der Waals surface area (Å²) in [4.78, 5) is 24.6. The maximum absolute atomic E-state index is 12.6. The molecule has 0 spiro atoms. The molecule has 0 aromatic heterocycles. The van der Waals surface area contributed by atoms with E-state index in [4.69, 9.17) is 4.74 Å². The summed E-state index contributed by atoms with van der Waals surface area (Å²) < 4.78 is 32.9. The second-order valence-electron chi connectivity index (χ2n) is 7.68. The van der Waals surface area contributed by atoms with E-state index in [9.17, 15) is 18.0 Å². The lowest BCUT2D eigenvalue weighted by Crippen LogP contribution is -2.42. The van der Waals surface area contributed by atoms with Crippen molar-refractivity contribution in [1.29, 1.82) is 0 Å². The third-order valence-electron chi connectivity index (χ3n) is 5.10. The van der Waals surface area contributed by atoms with Crippen LogP contribution < -0.4 is 20.3 Å². The zero-order valence-corrected chi connectivity index (χ0v) is 20.0. The van der Waals surface area contributed by atoms with E-state index >= 15 is 0 Å². The topological polar surface area (TPSA) is 114 Å². The first kappa shape index (κ1) is 24.8. The van der Waals surface area contributed by atoms with Gasteiger partial charge in [0.2, 0.25) is 5.91 Å². The quantitative estimate of drug-likeness (QED) is 0.426. The Kier molecular flexibility index (Phi) is 7.91. The molecule has 3 aromatic carbocycles. The maximum atomic E-state index is 12.6. The highest BCUT2D eigenvalue weighted by Gasteiger charge is 2.15. The number of rotatable bonds is 8. The number of hydrogen-bond donors (Lipinski definition) is 3. The Bertz CT molecular complexity index is 1270. The Morgan fingerprint density at radius 3 is 2.15 bits per heavy atom. The maximum Gasteiger partial charge on any atom is 0.269 e. The molecule has 0 heterocycles. The zero-order chi connectivity index (χ0) is 24.7. The minimum Gasteiger partial charge on any atom is -0.494 e. The second kappa shape index (κ2) is 10.8. The molecule has 3 N–H and O–H groups in total. The third kappa shape index (κ3) is 6.58. The Balaban J connectivity index is 1.55. The van der Waals surface area contributed by atoms with E-state index in [1.54, 1.807) is 12.1 Å². The molecule has 0 aliphatic carbocycles. The highest BCUT2D eigenvalue weighted by Crippen LogP contribution is 2.20. The summed E-state index contributed by atoms with van der Waals surface area (Å²) >= 11 is 0. The minimum absolute atomic E-state index is 0.0873. The van der Waals surface area contributed by atoms with Crippen molar-refractivity contribution in [2.75, 3.05) is 11.3 Å². The summed E-state index contributed by atoms with van der Waals surface area (Å²) in [5.74, 6) is -0.288. The molecular weight excluding hydrogens is 454 g/mol. The SMILES string of the molecule is CCOc1ccc(S(=O)(=O)Nc2ccc(C(=O)NNC(=O)Cc3ccc(C)c(C)c3)cc2)cc1. The van der Waals surface area contributed by atoms with E-state index in [0.29, 0.717) is 18.0 Å². The number of carbonyl (C=O) groups is 2. The molecule has 2 amide bonds. The van der Waals surface area contributed by atoms with Crippen molar-refractivity contribution in [3.05, 3.63) is 89.0 Å². The van der Waals surface area contributed by atoms with Crippen LogP contribution in [0.15, 0.2) is 71.6 Å². The first-order valence-corrected chi connectivity index (χ1v) is 12.2. The average molecular weight is 482 g/mol. The van der Waals surface area contributed by atoms with Crippen LogP contribution in [0.4, 0.5) is 5.69 Å². The number of hydrazine groups is 1. The fourth-order valence-electron chi connectivity index (χ4n) is 3.13. The molecule has 0 saturated heterocycles. The Morgan fingerprint density at radius 1 is 0.853 bits per heavy atom. The van der Waals surface area contributed by atoms with Gasteiger partial charge in [-0.1, -0.05) is 18.2 Å². The van der Waals surface area contributed by atoms with E-state index in [1.165, 1.54) is 36.4 Å². The van der Waals surface area contributed by atoms with Crippen LogP contribution in [0.5, 0.6) is 5.75 Å². The van der Waals surface area contributed by atoms with Crippen molar-refractivity contribution in [2.24, 2.45) is 0 Å². The van der Waals surface area contributed by atoms with Gasteiger partial charge >= 0.3 is 0 Å². The fraction of sp³-hybridized carbons (Fsp3) is 0.200. The van der Waals surface area contributed by atoms with Crippen LogP contribution >= 0.6 is 0 Å². The second-order valence-corrected chi connectivity index (χ2v) is 9.37. The van der Waals surface area contributed by atoms with Gasteiger partial charge in [0, 0.05) is 11.3 Å². The Hall–Kier alpha value is -3.85. The van der Waals surface area contributed by atoms with Crippen LogP contribution in [0.3, 0.4) is 0 Å². The van der Waals surface area contributed by atoms with Gasteiger partial charge in [0.05, 0.1) is 17.9 Å². The smallest absolute Gasteiger partial charge is 0.269 e. The molecule has 3 aromatic rings. The van der Waals surface area contributed by atoms with Crippen molar-refractivity contribution in [3.8, 4) is 5.75 Å². The molecule has 8 nitrogen and oxygen atoms in total. The number of carbonyl (C=O) groups excluding carboxylic acids is 2. The van der Waals surface area contributed by atoms with Crippen molar-refractivity contribution in [1.82, 2.24) is 10.9 Å². The van der Waals surface area contributed by atoms with Crippen molar-refractivity contribution in [3.63, 3.8) is 0 Å². The normalized spacial score (nSPS) is 10.9. The van der Waals surface area contributed by atoms with Crippen molar-refractivity contribution in [2.45, 2.75) is 32.1 Å². The number of nitrogens with one attached hydrogen (secondary N) is 3. The standard InChI is InChI=1S/C25H27N3O5S/c1-4-33-22-11-13-23(14-12-22)34(31,32)28-21-9-7-20(8-10-21)25(30)27-26-24(29)16-19-6-5-17(2)18(3)15-19/h5-15,28H,4,16H2,1-3H3,(H,26,29)(H,27,30).